The van der Waals surface area contributed by atoms with Gasteiger partial charge in [0.15, 0.2) is 0 Å². The first-order valence-corrected chi connectivity index (χ1v) is 7.00. The van der Waals surface area contributed by atoms with Crippen LogP contribution >= 0.6 is 0 Å². The Kier molecular flexibility index (Phi) is 4.43. The van der Waals surface area contributed by atoms with Crippen molar-refractivity contribution in [1.29, 1.82) is 0 Å². The first-order valence-electron chi connectivity index (χ1n) is 7.00. The van der Waals surface area contributed by atoms with E-state index in [0.717, 1.165) is 19.6 Å². The minimum absolute atomic E-state index is 0.672. The Bertz CT molecular complexity index is 497. The van der Waals surface area contributed by atoms with Gasteiger partial charge in [-0.15, -0.1) is 0 Å². The maximum absolute atomic E-state index is 3.51. The third kappa shape index (κ3) is 2.94. The van der Waals surface area contributed by atoms with E-state index in [1.165, 1.54) is 23.0 Å². The molecule has 0 atom stereocenters. The number of hydrogen-bond donors (Lipinski definition) is 1. The molecule has 1 aromatic heterocycles. The second kappa shape index (κ2) is 6.05. The zero-order chi connectivity index (χ0) is 13.0. The first-order chi connectivity index (χ1) is 8.72. The lowest BCUT2D eigenvalue weighted by Gasteiger charge is -2.13. The van der Waals surface area contributed by atoms with Crippen LogP contribution in [0.25, 0.3) is 10.9 Å². The summed E-state index contributed by atoms with van der Waals surface area (Å²) < 4.78 is 2.46. The third-order valence-corrected chi connectivity index (χ3v) is 3.18. The maximum atomic E-state index is 3.51. The zero-order valence-electron chi connectivity index (χ0n) is 11.7. The Balaban J connectivity index is 2.30. The smallest absolute Gasteiger partial charge is 0.0483 e. The Morgan fingerprint density at radius 3 is 2.72 bits per heavy atom. The molecule has 18 heavy (non-hydrogen) atoms. The SMILES string of the molecule is CCCNCc1cc2ccccc2n1CC(C)C. The fourth-order valence-electron chi connectivity index (χ4n) is 2.39. The summed E-state index contributed by atoms with van der Waals surface area (Å²) in [6.07, 6.45) is 1.18. The van der Waals surface area contributed by atoms with Crippen LogP contribution < -0.4 is 5.32 Å². The van der Waals surface area contributed by atoms with Gasteiger partial charge in [-0.1, -0.05) is 39.0 Å². The van der Waals surface area contributed by atoms with Gasteiger partial charge in [-0.25, -0.2) is 0 Å². The lowest BCUT2D eigenvalue weighted by Crippen LogP contribution is -2.18. The standard InChI is InChI=1S/C16H24N2/c1-4-9-17-11-15-10-14-7-5-6-8-16(14)18(15)12-13(2)3/h5-8,10,13,17H,4,9,11-12H2,1-3H3. The summed E-state index contributed by atoms with van der Waals surface area (Å²) in [7, 11) is 0. The van der Waals surface area contributed by atoms with Crippen LogP contribution in [0.1, 0.15) is 32.9 Å². The molecule has 1 N–H and O–H groups in total. The summed E-state index contributed by atoms with van der Waals surface area (Å²) in [5.74, 6) is 0.672. The number of nitrogens with zero attached hydrogens (tertiary/aromatic N) is 1. The molecular weight excluding hydrogens is 220 g/mol. The van der Waals surface area contributed by atoms with Crippen LogP contribution in [0.4, 0.5) is 0 Å². The van der Waals surface area contributed by atoms with E-state index in [4.69, 9.17) is 0 Å². The molecule has 0 spiro atoms. The van der Waals surface area contributed by atoms with Crippen molar-refractivity contribution < 1.29 is 0 Å². The topological polar surface area (TPSA) is 17.0 Å². The van der Waals surface area contributed by atoms with Gasteiger partial charge in [0.1, 0.15) is 0 Å². The van der Waals surface area contributed by atoms with Gasteiger partial charge in [-0.05, 0) is 36.4 Å². The molecule has 0 bridgehead atoms. The van der Waals surface area contributed by atoms with Gasteiger partial charge < -0.3 is 9.88 Å². The van der Waals surface area contributed by atoms with Gasteiger partial charge in [-0.2, -0.15) is 0 Å². The second-order valence-electron chi connectivity index (χ2n) is 5.38. The number of aromatic nitrogens is 1. The van der Waals surface area contributed by atoms with E-state index in [1.54, 1.807) is 0 Å². The van der Waals surface area contributed by atoms with Gasteiger partial charge in [0.25, 0.3) is 0 Å². The van der Waals surface area contributed by atoms with E-state index >= 15 is 0 Å². The molecule has 2 nitrogen and oxygen atoms in total. The summed E-state index contributed by atoms with van der Waals surface area (Å²) in [4.78, 5) is 0. The molecule has 0 aliphatic heterocycles. The Hall–Kier alpha value is -1.28. The number of fused-ring (bicyclic) bond motifs is 1. The molecule has 0 aliphatic carbocycles. The van der Waals surface area contributed by atoms with Crippen LogP contribution in [0, 0.1) is 5.92 Å². The van der Waals surface area contributed by atoms with E-state index < -0.39 is 0 Å². The summed E-state index contributed by atoms with van der Waals surface area (Å²) >= 11 is 0. The molecular formula is C16H24N2. The molecule has 0 saturated heterocycles. The van der Waals surface area contributed by atoms with Crippen molar-refractivity contribution in [3.63, 3.8) is 0 Å². The van der Waals surface area contributed by atoms with Gasteiger partial charge in [0.05, 0.1) is 0 Å². The van der Waals surface area contributed by atoms with Crippen LogP contribution in [0.2, 0.25) is 0 Å². The zero-order valence-corrected chi connectivity index (χ0v) is 11.7. The average molecular weight is 244 g/mol. The number of nitrogens with one attached hydrogen (secondary N) is 1. The molecule has 1 aromatic carbocycles. The highest BCUT2D eigenvalue weighted by Gasteiger charge is 2.09. The lowest BCUT2D eigenvalue weighted by atomic mass is 10.2. The van der Waals surface area contributed by atoms with Crippen molar-refractivity contribution in [1.82, 2.24) is 9.88 Å². The quantitative estimate of drug-likeness (QED) is 0.765. The van der Waals surface area contributed by atoms with E-state index in [1.807, 2.05) is 0 Å². The third-order valence-electron chi connectivity index (χ3n) is 3.18. The molecule has 2 aromatic rings. The van der Waals surface area contributed by atoms with Gasteiger partial charge in [0, 0.05) is 24.3 Å². The predicted octanol–water partition coefficient (Wildman–Crippen LogP) is 3.80. The van der Waals surface area contributed by atoms with Gasteiger partial charge >= 0.3 is 0 Å². The summed E-state index contributed by atoms with van der Waals surface area (Å²) in [5.41, 5.74) is 2.76. The van der Waals surface area contributed by atoms with E-state index in [0.29, 0.717) is 5.92 Å². The summed E-state index contributed by atoms with van der Waals surface area (Å²) in [5, 5.41) is 4.86. The van der Waals surface area contributed by atoms with Gasteiger partial charge in [-0.3, -0.25) is 0 Å². The van der Waals surface area contributed by atoms with E-state index in [-0.39, 0.29) is 0 Å². The minimum Gasteiger partial charge on any atom is -0.343 e. The van der Waals surface area contributed by atoms with Crippen molar-refractivity contribution >= 4 is 10.9 Å². The minimum atomic E-state index is 0.672. The number of benzene rings is 1. The maximum Gasteiger partial charge on any atom is 0.0483 e. The molecule has 98 valence electrons. The monoisotopic (exact) mass is 244 g/mol. The molecule has 0 aliphatic rings. The van der Waals surface area contributed by atoms with Crippen LogP contribution in [0.5, 0.6) is 0 Å². The number of para-hydroxylation sites is 1. The average Bonchev–Trinajstić information content (AvgIpc) is 2.68. The lowest BCUT2D eigenvalue weighted by molar-refractivity contribution is 0.512. The van der Waals surface area contributed by atoms with Crippen LogP contribution in [-0.2, 0) is 13.1 Å². The highest BCUT2D eigenvalue weighted by atomic mass is 15.0. The van der Waals surface area contributed by atoms with Crippen molar-refractivity contribution in [3.05, 3.63) is 36.0 Å². The Morgan fingerprint density at radius 1 is 1.22 bits per heavy atom. The molecule has 0 unspecified atom stereocenters. The highest BCUT2D eigenvalue weighted by molar-refractivity contribution is 5.81. The van der Waals surface area contributed by atoms with Crippen LogP contribution in [-0.4, -0.2) is 11.1 Å². The normalized spacial score (nSPS) is 11.6. The van der Waals surface area contributed by atoms with E-state index in [2.05, 4.69) is 61.0 Å². The highest BCUT2D eigenvalue weighted by Crippen LogP contribution is 2.21. The van der Waals surface area contributed by atoms with Crippen molar-refractivity contribution in [2.24, 2.45) is 5.92 Å². The van der Waals surface area contributed by atoms with Crippen LogP contribution in [0.3, 0.4) is 0 Å². The molecule has 0 amide bonds. The van der Waals surface area contributed by atoms with Crippen LogP contribution in [0.15, 0.2) is 30.3 Å². The largest absolute Gasteiger partial charge is 0.343 e. The number of rotatable bonds is 6. The molecule has 0 fully saturated rings. The van der Waals surface area contributed by atoms with Crippen molar-refractivity contribution in [3.8, 4) is 0 Å². The summed E-state index contributed by atoms with van der Waals surface area (Å²) in [6, 6.07) is 11.0. The molecule has 0 radical (unpaired) electrons. The molecule has 0 saturated carbocycles. The Morgan fingerprint density at radius 2 is 2.00 bits per heavy atom. The molecule has 1 heterocycles. The second-order valence-corrected chi connectivity index (χ2v) is 5.38. The van der Waals surface area contributed by atoms with Gasteiger partial charge in [0.2, 0.25) is 0 Å². The predicted molar refractivity (Wildman–Crippen MR) is 78.8 cm³/mol. The van der Waals surface area contributed by atoms with Crippen molar-refractivity contribution in [2.45, 2.75) is 40.3 Å². The summed E-state index contributed by atoms with van der Waals surface area (Å²) in [6.45, 7) is 9.90. The van der Waals surface area contributed by atoms with Crippen molar-refractivity contribution in [2.75, 3.05) is 6.54 Å². The Labute approximate surface area is 110 Å². The fraction of sp³-hybridized carbons (Fsp3) is 0.500. The number of hydrogen-bond acceptors (Lipinski definition) is 1. The molecule has 2 heteroatoms. The first kappa shape index (κ1) is 13.2. The fourth-order valence-corrected chi connectivity index (χ4v) is 2.39. The molecule has 2 rings (SSSR count). The van der Waals surface area contributed by atoms with E-state index in [9.17, 15) is 0 Å².